The molecule has 4 nitrogen and oxygen atoms in total. The van der Waals surface area contributed by atoms with Crippen molar-refractivity contribution in [3.8, 4) is 0 Å². The number of likely N-dealkylation sites (tertiary alicyclic amines) is 1. The first-order chi connectivity index (χ1) is 11.9. The van der Waals surface area contributed by atoms with Gasteiger partial charge in [-0.3, -0.25) is 4.79 Å². The number of carbonyl (C=O) groups excluding carboxylic acids is 1. The Kier molecular flexibility index (Phi) is 5.16. The van der Waals surface area contributed by atoms with E-state index in [-0.39, 0.29) is 24.3 Å². The van der Waals surface area contributed by atoms with Gasteiger partial charge in [-0.2, -0.15) is 0 Å². The van der Waals surface area contributed by atoms with Crippen molar-refractivity contribution in [1.82, 2.24) is 9.80 Å². The third-order valence-corrected chi connectivity index (χ3v) is 4.45. The standard InChI is InChI=1S/C20H23FN2O2/c1-22(2)12-14-5-3-7-16(9-14)20(25)23-13-18(24)11-19(23)15-6-4-8-17(21)10-15/h3-10,18-19,24H,11-13H2,1-2H3/t18-,19+/m0/s1. The van der Waals surface area contributed by atoms with Gasteiger partial charge < -0.3 is 14.9 Å². The number of hydrogen-bond donors (Lipinski definition) is 1. The molecule has 3 rings (SSSR count). The van der Waals surface area contributed by atoms with Crippen molar-refractivity contribution in [2.45, 2.75) is 25.1 Å². The normalized spacial score (nSPS) is 20.3. The van der Waals surface area contributed by atoms with Gasteiger partial charge in [0.2, 0.25) is 0 Å². The van der Waals surface area contributed by atoms with E-state index in [1.54, 1.807) is 23.1 Å². The zero-order valence-electron chi connectivity index (χ0n) is 14.5. The van der Waals surface area contributed by atoms with Crippen molar-refractivity contribution in [2.24, 2.45) is 0 Å². The van der Waals surface area contributed by atoms with Gasteiger partial charge >= 0.3 is 0 Å². The van der Waals surface area contributed by atoms with Crippen molar-refractivity contribution < 1.29 is 14.3 Å². The summed E-state index contributed by atoms with van der Waals surface area (Å²) in [5.74, 6) is -0.467. The summed E-state index contributed by atoms with van der Waals surface area (Å²) in [5.41, 5.74) is 2.36. The summed E-state index contributed by atoms with van der Waals surface area (Å²) in [6, 6.07) is 13.5. The molecule has 0 bridgehead atoms. The molecule has 1 aliphatic rings. The molecule has 25 heavy (non-hydrogen) atoms. The Labute approximate surface area is 147 Å². The average molecular weight is 342 g/mol. The van der Waals surface area contributed by atoms with Gasteiger partial charge in [0.05, 0.1) is 12.1 Å². The zero-order valence-corrected chi connectivity index (χ0v) is 14.5. The maximum atomic E-state index is 13.6. The Balaban J connectivity index is 1.87. The topological polar surface area (TPSA) is 43.8 Å². The fraction of sp³-hybridized carbons (Fsp3) is 0.350. The van der Waals surface area contributed by atoms with E-state index < -0.39 is 6.10 Å². The second-order valence-corrected chi connectivity index (χ2v) is 6.86. The first-order valence-electron chi connectivity index (χ1n) is 8.42. The van der Waals surface area contributed by atoms with Crippen molar-refractivity contribution in [1.29, 1.82) is 0 Å². The molecule has 1 saturated heterocycles. The third-order valence-electron chi connectivity index (χ3n) is 4.45. The molecule has 0 spiro atoms. The van der Waals surface area contributed by atoms with E-state index in [0.717, 1.165) is 12.1 Å². The molecule has 0 aliphatic carbocycles. The Morgan fingerprint density at radius 3 is 2.72 bits per heavy atom. The number of halogens is 1. The molecule has 0 unspecified atom stereocenters. The van der Waals surface area contributed by atoms with Gasteiger partial charge in [-0.05, 0) is 55.9 Å². The summed E-state index contributed by atoms with van der Waals surface area (Å²) in [6.45, 7) is 1.01. The smallest absolute Gasteiger partial charge is 0.254 e. The molecule has 2 aromatic rings. The molecule has 2 aromatic carbocycles. The minimum atomic E-state index is -0.595. The summed E-state index contributed by atoms with van der Waals surface area (Å²) >= 11 is 0. The van der Waals surface area contributed by atoms with E-state index in [9.17, 15) is 14.3 Å². The Bertz CT molecular complexity index is 763. The number of nitrogens with zero attached hydrogens (tertiary/aromatic N) is 2. The number of rotatable bonds is 4. The zero-order chi connectivity index (χ0) is 18.0. The van der Waals surface area contributed by atoms with Gasteiger partial charge in [0.1, 0.15) is 5.82 Å². The van der Waals surface area contributed by atoms with Crippen molar-refractivity contribution in [3.05, 3.63) is 71.0 Å². The first kappa shape index (κ1) is 17.6. The number of amides is 1. The lowest BCUT2D eigenvalue weighted by atomic mass is 10.0. The lowest BCUT2D eigenvalue weighted by molar-refractivity contribution is 0.0715. The SMILES string of the molecule is CN(C)Cc1cccc(C(=O)N2C[C@@H](O)C[C@@H]2c2cccc(F)c2)c1. The highest BCUT2D eigenvalue weighted by Gasteiger charge is 2.35. The lowest BCUT2D eigenvalue weighted by Gasteiger charge is -2.25. The van der Waals surface area contributed by atoms with Crippen LogP contribution < -0.4 is 0 Å². The number of aliphatic hydroxyl groups excluding tert-OH is 1. The summed E-state index contributed by atoms with van der Waals surface area (Å²) < 4.78 is 13.6. The van der Waals surface area contributed by atoms with Crippen LogP contribution in [0.15, 0.2) is 48.5 Å². The summed E-state index contributed by atoms with van der Waals surface area (Å²) in [4.78, 5) is 16.7. The molecule has 0 saturated carbocycles. The highest BCUT2D eigenvalue weighted by Crippen LogP contribution is 2.33. The predicted molar refractivity (Wildman–Crippen MR) is 94.6 cm³/mol. The Morgan fingerprint density at radius 1 is 1.24 bits per heavy atom. The van der Waals surface area contributed by atoms with Gasteiger partial charge in [-0.15, -0.1) is 0 Å². The first-order valence-corrected chi connectivity index (χ1v) is 8.42. The van der Waals surface area contributed by atoms with Crippen molar-refractivity contribution >= 4 is 5.91 Å². The Morgan fingerprint density at radius 2 is 2.00 bits per heavy atom. The maximum Gasteiger partial charge on any atom is 0.254 e. The lowest BCUT2D eigenvalue weighted by Crippen LogP contribution is -2.32. The van der Waals surface area contributed by atoms with Crippen LogP contribution in [0.1, 0.15) is 33.9 Å². The van der Waals surface area contributed by atoms with Gasteiger partial charge in [0, 0.05) is 18.7 Å². The van der Waals surface area contributed by atoms with Gasteiger partial charge in [-0.25, -0.2) is 4.39 Å². The van der Waals surface area contributed by atoms with E-state index in [2.05, 4.69) is 0 Å². The molecule has 1 amide bonds. The molecular formula is C20H23FN2O2. The van der Waals surface area contributed by atoms with Crippen LogP contribution in [0.4, 0.5) is 4.39 Å². The molecule has 0 aromatic heterocycles. The van der Waals surface area contributed by atoms with Gasteiger partial charge in [0.15, 0.2) is 0 Å². The van der Waals surface area contributed by atoms with E-state index in [1.165, 1.54) is 12.1 Å². The minimum Gasteiger partial charge on any atom is -0.391 e. The number of carbonyl (C=O) groups is 1. The number of β-amino-alcohol motifs (C(OH)–C–C–N with tert-alkyl or cyclic N) is 1. The van der Waals surface area contributed by atoms with Crippen LogP contribution in [0.5, 0.6) is 0 Å². The number of benzene rings is 2. The van der Waals surface area contributed by atoms with E-state index >= 15 is 0 Å². The largest absolute Gasteiger partial charge is 0.391 e. The van der Waals surface area contributed by atoms with E-state index in [0.29, 0.717) is 17.5 Å². The molecule has 1 fully saturated rings. The van der Waals surface area contributed by atoms with Crippen LogP contribution in [-0.4, -0.2) is 47.6 Å². The fourth-order valence-corrected chi connectivity index (χ4v) is 3.40. The molecular weight excluding hydrogens is 319 g/mol. The summed E-state index contributed by atoms with van der Waals surface area (Å²) in [7, 11) is 3.95. The predicted octanol–water partition coefficient (Wildman–Crippen LogP) is 2.84. The van der Waals surface area contributed by atoms with Crippen LogP contribution in [0.3, 0.4) is 0 Å². The molecule has 1 aliphatic heterocycles. The summed E-state index contributed by atoms with van der Waals surface area (Å²) in [5, 5.41) is 10.1. The number of aliphatic hydroxyl groups is 1. The molecule has 1 N–H and O–H groups in total. The third kappa shape index (κ3) is 4.06. The molecule has 2 atom stereocenters. The number of hydrogen-bond acceptors (Lipinski definition) is 3. The van der Waals surface area contributed by atoms with Gasteiger partial charge in [-0.1, -0.05) is 24.3 Å². The van der Waals surface area contributed by atoms with Crippen LogP contribution in [0.25, 0.3) is 0 Å². The monoisotopic (exact) mass is 342 g/mol. The average Bonchev–Trinajstić information content (AvgIpc) is 2.96. The highest BCUT2D eigenvalue weighted by molar-refractivity contribution is 5.95. The maximum absolute atomic E-state index is 13.6. The molecule has 5 heteroatoms. The van der Waals surface area contributed by atoms with E-state index in [4.69, 9.17) is 0 Å². The second-order valence-electron chi connectivity index (χ2n) is 6.86. The quantitative estimate of drug-likeness (QED) is 0.929. The van der Waals surface area contributed by atoms with Crippen molar-refractivity contribution in [3.63, 3.8) is 0 Å². The minimum absolute atomic E-state index is 0.133. The molecule has 1 heterocycles. The fourth-order valence-electron chi connectivity index (χ4n) is 3.40. The molecule has 132 valence electrons. The second kappa shape index (κ2) is 7.33. The Hall–Kier alpha value is -2.24. The van der Waals surface area contributed by atoms with Gasteiger partial charge in [0.25, 0.3) is 5.91 Å². The van der Waals surface area contributed by atoms with Crippen LogP contribution in [-0.2, 0) is 6.54 Å². The highest BCUT2D eigenvalue weighted by atomic mass is 19.1. The summed E-state index contributed by atoms with van der Waals surface area (Å²) in [6.07, 6.45) is -0.172. The molecule has 0 radical (unpaired) electrons. The van der Waals surface area contributed by atoms with E-state index in [1.807, 2.05) is 37.2 Å². The van der Waals surface area contributed by atoms with Crippen LogP contribution in [0, 0.1) is 5.82 Å². The van der Waals surface area contributed by atoms with Crippen LogP contribution in [0.2, 0.25) is 0 Å². The van der Waals surface area contributed by atoms with Crippen LogP contribution >= 0.6 is 0 Å². The van der Waals surface area contributed by atoms with Crippen molar-refractivity contribution in [2.75, 3.05) is 20.6 Å².